The minimum atomic E-state index is -0.596. The number of benzene rings is 1. The predicted molar refractivity (Wildman–Crippen MR) is 127 cm³/mol. The number of nitrogens with one attached hydrogen (secondary N) is 1. The first-order valence-electron chi connectivity index (χ1n) is 12.5. The highest BCUT2D eigenvalue weighted by Crippen LogP contribution is 2.39. The van der Waals surface area contributed by atoms with Crippen LogP contribution in [0.5, 0.6) is 0 Å². The van der Waals surface area contributed by atoms with Crippen molar-refractivity contribution in [1.29, 1.82) is 0 Å². The second kappa shape index (κ2) is 15.4. The molecule has 7 nitrogen and oxygen atoms in total. The molecule has 188 valence electrons. The maximum atomic E-state index is 11.8. The Morgan fingerprint density at radius 2 is 1.55 bits per heavy atom. The van der Waals surface area contributed by atoms with Crippen LogP contribution >= 0.6 is 0 Å². The van der Waals surface area contributed by atoms with Crippen molar-refractivity contribution in [2.24, 2.45) is 11.8 Å². The van der Waals surface area contributed by atoms with Crippen LogP contribution in [0.1, 0.15) is 69.8 Å². The van der Waals surface area contributed by atoms with Crippen molar-refractivity contribution in [2.75, 3.05) is 13.2 Å². The molecule has 0 radical (unpaired) electrons. The summed E-state index contributed by atoms with van der Waals surface area (Å²) in [5, 5.41) is 51.9. The topological polar surface area (TPSA) is 130 Å². The molecule has 1 fully saturated rings. The highest BCUT2D eigenvalue weighted by molar-refractivity contribution is 5.76. The number of aliphatic hydroxyl groups is 5. The van der Waals surface area contributed by atoms with Gasteiger partial charge in [-0.2, -0.15) is 0 Å². The fraction of sp³-hybridized carbons (Fsp3) is 0.731. The molecule has 1 amide bonds. The molecular formula is C26H43NO6. The zero-order chi connectivity index (χ0) is 24.1. The summed E-state index contributed by atoms with van der Waals surface area (Å²) < 4.78 is 0. The average Bonchev–Trinajstić information content (AvgIpc) is 3.09. The van der Waals surface area contributed by atoms with Crippen LogP contribution in [-0.2, 0) is 11.2 Å². The van der Waals surface area contributed by atoms with E-state index < -0.39 is 24.4 Å². The molecule has 0 spiro atoms. The van der Waals surface area contributed by atoms with Crippen molar-refractivity contribution in [1.82, 2.24) is 5.32 Å². The van der Waals surface area contributed by atoms with Gasteiger partial charge in [-0.25, -0.2) is 0 Å². The Morgan fingerprint density at radius 3 is 2.21 bits per heavy atom. The summed E-state index contributed by atoms with van der Waals surface area (Å²) >= 11 is 0. The third-order valence-corrected chi connectivity index (χ3v) is 6.96. The van der Waals surface area contributed by atoms with Gasteiger partial charge >= 0.3 is 0 Å². The van der Waals surface area contributed by atoms with Crippen LogP contribution < -0.4 is 5.32 Å². The number of amides is 1. The number of aliphatic hydroxyl groups excluding tert-OH is 5. The van der Waals surface area contributed by atoms with E-state index in [0.717, 1.165) is 44.9 Å². The van der Waals surface area contributed by atoms with Crippen molar-refractivity contribution in [3.8, 4) is 0 Å². The summed E-state index contributed by atoms with van der Waals surface area (Å²) in [6, 6.07) is 9.51. The van der Waals surface area contributed by atoms with Gasteiger partial charge in [-0.15, -0.1) is 0 Å². The van der Waals surface area contributed by atoms with E-state index in [1.165, 1.54) is 5.56 Å². The van der Waals surface area contributed by atoms with Gasteiger partial charge in [0.25, 0.3) is 0 Å². The monoisotopic (exact) mass is 465 g/mol. The van der Waals surface area contributed by atoms with Crippen molar-refractivity contribution in [3.05, 3.63) is 35.9 Å². The lowest BCUT2D eigenvalue weighted by Gasteiger charge is -2.24. The van der Waals surface area contributed by atoms with Crippen LogP contribution in [0, 0.1) is 11.8 Å². The van der Waals surface area contributed by atoms with Crippen molar-refractivity contribution in [2.45, 2.75) is 95.0 Å². The van der Waals surface area contributed by atoms with Gasteiger partial charge in [-0.05, 0) is 62.3 Å². The Kier molecular flexibility index (Phi) is 12.9. The van der Waals surface area contributed by atoms with Crippen LogP contribution in [0.4, 0.5) is 0 Å². The molecule has 1 aliphatic rings. The summed E-state index contributed by atoms with van der Waals surface area (Å²) in [7, 11) is 0. The minimum Gasteiger partial charge on any atom is -0.394 e. The lowest BCUT2D eigenvalue weighted by Crippen LogP contribution is -2.39. The van der Waals surface area contributed by atoms with E-state index in [1.54, 1.807) is 0 Å². The maximum Gasteiger partial charge on any atom is 0.220 e. The molecule has 1 aromatic carbocycles. The molecule has 0 aliphatic heterocycles. The number of aryl methyl sites for hydroxylation is 1. The average molecular weight is 466 g/mol. The molecule has 0 unspecified atom stereocenters. The molecule has 0 heterocycles. The third kappa shape index (κ3) is 10.1. The molecule has 0 aromatic heterocycles. The van der Waals surface area contributed by atoms with Crippen molar-refractivity contribution >= 4 is 5.91 Å². The van der Waals surface area contributed by atoms with E-state index in [-0.39, 0.29) is 31.0 Å². The zero-order valence-electron chi connectivity index (χ0n) is 19.7. The van der Waals surface area contributed by atoms with Gasteiger partial charge in [-0.3, -0.25) is 4.79 Å². The maximum absolute atomic E-state index is 11.8. The van der Waals surface area contributed by atoms with E-state index >= 15 is 0 Å². The van der Waals surface area contributed by atoms with Crippen LogP contribution in [0.25, 0.3) is 0 Å². The van der Waals surface area contributed by atoms with Crippen LogP contribution in [0.2, 0.25) is 0 Å². The van der Waals surface area contributed by atoms with Gasteiger partial charge in [-0.1, -0.05) is 49.6 Å². The van der Waals surface area contributed by atoms with Gasteiger partial charge < -0.3 is 30.8 Å². The Morgan fingerprint density at radius 1 is 0.909 bits per heavy atom. The number of carbonyl (C=O) groups is 1. The van der Waals surface area contributed by atoms with Crippen LogP contribution in [-0.4, -0.2) is 69.0 Å². The molecule has 0 saturated heterocycles. The highest BCUT2D eigenvalue weighted by atomic mass is 16.3. The smallest absolute Gasteiger partial charge is 0.220 e. The number of carbonyl (C=O) groups excluding carboxylic acids is 1. The Labute approximate surface area is 197 Å². The zero-order valence-corrected chi connectivity index (χ0v) is 19.7. The van der Waals surface area contributed by atoms with Gasteiger partial charge in [0.1, 0.15) is 0 Å². The van der Waals surface area contributed by atoms with Gasteiger partial charge in [0.2, 0.25) is 5.91 Å². The number of hydrogen-bond acceptors (Lipinski definition) is 6. The van der Waals surface area contributed by atoms with Gasteiger partial charge in [0.15, 0.2) is 0 Å². The van der Waals surface area contributed by atoms with E-state index in [9.17, 15) is 20.1 Å². The quantitative estimate of drug-likeness (QED) is 0.207. The largest absolute Gasteiger partial charge is 0.394 e. The number of hydrogen-bond donors (Lipinski definition) is 6. The lowest BCUT2D eigenvalue weighted by molar-refractivity contribution is -0.122. The molecule has 1 aliphatic carbocycles. The summed E-state index contributed by atoms with van der Waals surface area (Å²) in [6.45, 7) is -0.550. The molecule has 1 saturated carbocycles. The molecule has 7 heteroatoms. The molecule has 2 rings (SSSR count). The standard InChI is InChI=1S/C26H43NO6/c28-17-20(18-29)27-26(33)11-7-2-1-6-10-22-23(25(32)16-24(22)31)15-14-21(30)13-12-19-8-4-3-5-9-19/h3-5,8-9,20-25,28-32H,1-2,6-7,10-18H2,(H,27,33)/t21-,22+,23+,24-,25+/m0/s1. The molecule has 33 heavy (non-hydrogen) atoms. The fourth-order valence-corrected chi connectivity index (χ4v) is 4.96. The summed E-state index contributed by atoms with van der Waals surface area (Å²) in [6.07, 6.45) is 6.60. The Hall–Kier alpha value is -1.51. The highest BCUT2D eigenvalue weighted by Gasteiger charge is 2.40. The lowest BCUT2D eigenvalue weighted by atomic mass is 9.84. The van der Waals surface area contributed by atoms with Gasteiger partial charge in [0, 0.05) is 6.42 Å². The second-order valence-corrected chi connectivity index (χ2v) is 9.54. The predicted octanol–water partition coefficient (Wildman–Crippen LogP) is 1.93. The molecule has 1 aromatic rings. The summed E-state index contributed by atoms with van der Waals surface area (Å²) in [5.41, 5.74) is 1.21. The van der Waals surface area contributed by atoms with E-state index in [4.69, 9.17) is 10.2 Å². The Bertz CT molecular complexity index is 653. The fourth-order valence-electron chi connectivity index (χ4n) is 4.96. The SMILES string of the molecule is O=C(CCCCCC[C@@H]1[C@@H](CC[C@@H](O)CCc2ccccc2)[C@H](O)C[C@@H]1O)NC(CO)CO. The van der Waals surface area contributed by atoms with Crippen molar-refractivity contribution in [3.63, 3.8) is 0 Å². The first kappa shape index (κ1) is 27.7. The normalized spacial score (nSPS) is 23.7. The summed E-state index contributed by atoms with van der Waals surface area (Å²) in [5.74, 6) is -0.0890. The number of unbranched alkanes of at least 4 members (excludes halogenated alkanes) is 3. The molecule has 5 atom stereocenters. The first-order valence-corrected chi connectivity index (χ1v) is 12.5. The van der Waals surface area contributed by atoms with Crippen LogP contribution in [0.15, 0.2) is 30.3 Å². The van der Waals surface area contributed by atoms with E-state index in [2.05, 4.69) is 17.4 Å². The molecular weight excluding hydrogens is 422 g/mol. The van der Waals surface area contributed by atoms with E-state index in [1.807, 2.05) is 18.2 Å². The third-order valence-electron chi connectivity index (χ3n) is 6.96. The van der Waals surface area contributed by atoms with Crippen LogP contribution in [0.3, 0.4) is 0 Å². The second-order valence-electron chi connectivity index (χ2n) is 9.54. The molecule has 0 bridgehead atoms. The van der Waals surface area contributed by atoms with E-state index in [0.29, 0.717) is 25.7 Å². The number of rotatable bonds is 16. The summed E-state index contributed by atoms with van der Waals surface area (Å²) in [4.78, 5) is 11.8. The molecule has 6 N–H and O–H groups in total. The van der Waals surface area contributed by atoms with Crippen molar-refractivity contribution < 1.29 is 30.3 Å². The Balaban J connectivity index is 1.63. The first-order chi connectivity index (χ1) is 15.9. The van der Waals surface area contributed by atoms with Gasteiger partial charge in [0.05, 0.1) is 37.6 Å². The minimum absolute atomic E-state index is 0.0195.